The average molecular weight is 445 g/mol. The van der Waals surface area contributed by atoms with Crippen LogP contribution in [-0.4, -0.2) is 47.2 Å². The highest BCUT2D eigenvalue weighted by molar-refractivity contribution is 7.99. The summed E-state index contributed by atoms with van der Waals surface area (Å²) in [5, 5.41) is 2.01. The molecule has 4 rings (SSSR count). The van der Waals surface area contributed by atoms with Crippen molar-refractivity contribution in [3.05, 3.63) is 58.8 Å². The molecule has 1 fully saturated rings. The fraction of sp³-hybridized carbons (Fsp3) is 0.364. The van der Waals surface area contributed by atoms with Crippen LogP contribution < -0.4 is 4.74 Å². The first kappa shape index (κ1) is 21.0. The van der Waals surface area contributed by atoms with Gasteiger partial charge in [-0.1, -0.05) is 18.2 Å². The molecule has 30 heavy (non-hydrogen) atoms. The van der Waals surface area contributed by atoms with Crippen LogP contribution in [0.15, 0.2) is 46.2 Å². The highest BCUT2D eigenvalue weighted by Crippen LogP contribution is 2.27. The Morgan fingerprint density at radius 3 is 2.87 bits per heavy atom. The Labute approximate surface area is 184 Å². The molecule has 0 N–H and O–H groups in total. The average Bonchev–Trinajstić information content (AvgIpc) is 3.50. The van der Waals surface area contributed by atoms with Crippen LogP contribution in [0.1, 0.15) is 17.0 Å². The van der Waals surface area contributed by atoms with Crippen molar-refractivity contribution in [1.82, 2.24) is 9.88 Å². The van der Waals surface area contributed by atoms with E-state index in [-0.39, 0.29) is 12.0 Å². The molecular weight excluding hydrogens is 420 g/mol. The lowest BCUT2D eigenvalue weighted by atomic mass is 10.2. The molecule has 0 saturated carbocycles. The lowest BCUT2D eigenvalue weighted by Gasteiger charge is -2.21. The van der Waals surface area contributed by atoms with Crippen LogP contribution in [0.5, 0.6) is 5.75 Å². The Balaban J connectivity index is 1.29. The first-order valence-corrected chi connectivity index (χ1v) is 11.8. The number of aryl methyl sites for hydroxylation is 1. The van der Waals surface area contributed by atoms with Gasteiger partial charge >= 0.3 is 5.97 Å². The van der Waals surface area contributed by atoms with E-state index >= 15 is 0 Å². The summed E-state index contributed by atoms with van der Waals surface area (Å²) in [4.78, 5) is 19.7. The van der Waals surface area contributed by atoms with Crippen molar-refractivity contribution >= 4 is 29.1 Å². The number of oxazole rings is 1. The zero-order chi connectivity index (χ0) is 20.9. The van der Waals surface area contributed by atoms with Crippen LogP contribution in [0, 0.1) is 6.92 Å². The highest BCUT2D eigenvalue weighted by Gasteiger charge is 2.31. The van der Waals surface area contributed by atoms with Gasteiger partial charge in [-0.2, -0.15) is 0 Å². The number of carbonyl (C=O) groups excluding carboxylic acids is 1. The second-order valence-corrected chi connectivity index (χ2v) is 8.97. The first-order chi connectivity index (χ1) is 14.6. The quantitative estimate of drug-likeness (QED) is 0.478. The predicted octanol–water partition coefficient (Wildman–Crippen LogP) is 4.38. The number of nitrogens with zero attached hydrogens (tertiary/aromatic N) is 2. The summed E-state index contributed by atoms with van der Waals surface area (Å²) >= 11 is 3.37. The third-order valence-corrected chi connectivity index (χ3v) is 6.91. The van der Waals surface area contributed by atoms with Gasteiger partial charge < -0.3 is 13.9 Å². The summed E-state index contributed by atoms with van der Waals surface area (Å²) in [5.41, 5.74) is 2.07. The van der Waals surface area contributed by atoms with Gasteiger partial charge in [-0.05, 0) is 36.1 Å². The summed E-state index contributed by atoms with van der Waals surface area (Å²) in [5.74, 6) is 3.78. The van der Waals surface area contributed by atoms with Gasteiger partial charge in [-0.25, -0.2) is 4.98 Å². The van der Waals surface area contributed by atoms with E-state index in [0.29, 0.717) is 18.9 Å². The molecule has 3 aromatic rings. The molecule has 0 amide bonds. The number of methoxy groups -OCH3 is 1. The van der Waals surface area contributed by atoms with Crippen molar-refractivity contribution < 1.29 is 18.7 Å². The minimum atomic E-state index is -0.166. The summed E-state index contributed by atoms with van der Waals surface area (Å²) in [6, 6.07) is 11.9. The van der Waals surface area contributed by atoms with Gasteiger partial charge in [0.25, 0.3) is 0 Å². The Morgan fingerprint density at radius 2 is 2.13 bits per heavy atom. The molecule has 0 unspecified atom stereocenters. The number of carbonyl (C=O) groups is 1. The fourth-order valence-corrected chi connectivity index (χ4v) is 5.17. The highest BCUT2D eigenvalue weighted by atomic mass is 32.2. The molecule has 8 heteroatoms. The Morgan fingerprint density at radius 1 is 1.30 bits per heavy atom. The number of ether oxygens (including phenoxy) is 2. The number of thioether (sulfide) groups is 1. The molecule has 158 valence electrons. The molecule has 0 bridgehead atoms. The molecule has 1 atom stereocenters. The van der Waals surface area contributed by atoms with Crippen molar-refractivity contribution in [3.8, 4) is 16.5 Å². The van der Waals surface area contributed by atoms with Crippen LogP contribution in [0.4, 0.5) is 0 Å². The van der Waals surface area contributed by atoms with Crippen LogP contribution in [0.25, 0.3) is 10.8 Å². The molecule has 1 aliphatic heterocycles. The Bertz CT molecular complexity index is 970. The molecule has 1 saturated heterocycles. The van der Waals surface area contributed by atoms with Crippen molar-refractivity contribution in [2.75, 3.05) is 25.3 Å². The van der Waals surface area contributed by atoms with E-state index in [1.165, 1.54) is 7.11 Å². The van der Waals surface area contributed by atoms with Crippen molar-refractivity contribution in [2.45, 2.75) is 25.9 Å². The molecule has 1 aromatic carbocycles. The van der Waals surface area contributed by atoms with Gasteiger partial charge in [0.2, 0.25) is 5.89 Å². The summed E-state index contributed by atoms with van der Waals surface area (Å²) in [6.07, 6.45) is 0.689. The number of hydrogen-bond donors (Lipinski definition) is 0. The van der Waals surface area contributed by atoms with E-state index in [1.807, 2.05) is 48.7 Å². The van der Waals surface area contributed by atoms with Gasteiger partial charge in [0.15, 0.2) is 0 Å². The largest absolute Gasteiger partial charge is 0.493 e. The molecule has 0 spiro atoms. The van der Waals surface area contributed by atoms with E-state index < -0.39 is 0 Å². The van der Waals surface area contributed by atoms with Crippen molar-refractivity contribution in [1.29, 1.82) is 0 Å². The normalized spacial score (nSPS) is 16.7. The van der Waals surface area contributed by atoms with Gasteiger partial charge in [-0.15, -0.1) is 23.1 Å². The Hall–Kier alpha value is -2.29. The fourth-order valence-electron chi connectivity index (χ4n) is 3.34. The first-order valence-electron chi connectivity index (χ1n) is 9.75. The van der Waals surface area contributed by atoms with E-state index in [2.05, 4.69) is 9.88 Å². The minimum Gasteiger partial charge on any atom is -0.493 e. The molecular formula is C22H24N2O4S2. The monoisotopic (exact) mass is 444 g/mol. The number of aromatic nitrogens is 1. The molecule has 3 heterocycles. The van der Waals surface area contributed by atoms with Crippen LogP contribution in [0.3, 0.4) is 0 Å². The second kappa shape index (κ2) is 9.68. The standard InChI is InChI=1S/C22H24N2O4S2/c1-15-18(23-21(28-15)20-4-3-11-30-20)9-10-27-17-7-5-16(6-8-17)12-24-14-29-13-19(24)22(25)26-2/h3-8,11,19H,9-10,12-14H2,1-2H3/t19-/m0/s1. The maximum atomic E-state index is 11.9. The molecule has 6 nitrogen and oxygen atoms in total. The van der Waals surface area contributed by atoms with Gasteiger partial charge in [0.05, 0.1) is 24.3 Å². The van der Waals surface area contributed by atoms with E-state index in [0.717, 1.165) is 45.8 Å². The lowest BCUT2D eigenvalue weighted by molar-refractivity contribution is -0.145. The second-order valence-electron chi connectivity index (χ2n) is 7.03. The summed E-state index contributed by atoms with van der Waals surface area (Å²) in [7, 11) is 1.44. The predicted molar refractivity (Wildman–Crippen MR) is 119 cm³/mol. The van der Waals surface area contributed by atoms with Crippen molar-refractivity contribution in [2.24, 2.45) is 0 Å². The van der Waals surface area contributed by atoms with E-state index in [9.17, 15) is 4.79 Å². The maximum Gasteiger partial charge on any atom is 0.323 e. The maximum absolute atomic E-state index is 11.9. The smallest absolute Gasteiger partial charge is 0.323 e. The molecule has 1 aliphatic rings. The van der Waals surface area contributed by atoms with Crippen LogP contribution in [-0.2, 0) is 22.5 Å². The zero-order valence-electron chi connectivity index (χ0n) is 17.0. The Kier molecular flexibility index (Phi) is 6.76. The van der Waals surface area contributed by atoms with Gasteiger partial charge in [-0.3, -0.25) is 9.69 Å². The molecule has 0 radical (unpaired) electrons. The number of esters is 1. The van der Waals surface area contributed by atoms with E-state index in [1.54, 1.807) is 23.1 Å². The lowest BCUT2D eigenvalue weighted by Crippen LogP contribution is -2.38. The number of hydrogen-bond acceptors (Lipinski definition) is 8. The van der Waals surface area contributed by atoms with Gasteiger partial charge in [0.1, 0.15) is 17.6 Å². The van der Waals surface area contributed by atoms with E-state index in [4.69, 9.17) is 13.9 Å². The number of thiophene rings is 1. The van der Waals surface area contributed by atoms with Crippen LogP contribution in [0.2, 0.25) is 0 Å². The minimum absolute atomic E-state index is 0.162. The number of rotatable bonds is 8. The summed E-state index contributed by atoms with van der Waals surface area (Å²) in [6.45, 7) is 3.19. The molecule has 0 aliphatic carbocycles. The third kappa shape index (κ3) is 4.88. The third-order valence-electron chi connectivity index (χ3n) is 4.99. The van der Waals surface area contributed by atoms with Crippen molar-refractivity contribution in [3.63, 3.8) is 0 Å². The molecule has 2 aromatic heterocycles. The zero-order valence-corrected chi connectivity index (χ0v) is 18.6. The SMILES string of the molecule is COC(=O)[C@@H]1CSCN1Cc1ccc(OCCc2nc(-c3cccs3)oc2C)cc1. The van der Waals surface area contributed by atoms with Gasteiger partial charge in [0, 0.05) is 24.6 Å². The summed E-state index contributed by atoms with van der Waals surface area (Å²) < 4.78 is 16.6. The van der Waals surface area contributed by atoms with Crippen LogP contribution >= 0.6 is 23.1 Å². The topological polar surface area (TPSA) is 64.8 Å². The number of benzene rings is 1.